The molecule has 0 bridgehead atoms. The van der Waals surface area contributed by atoms with Gasteiger partial charge in [-0.15, -0.1) is 0 Å². The predicted octanol–water partition coefficient (Wildman–Crippen LogP) is 2.26. The summed E-state index contributed by atoms with van der Waals surface area (Å²) in [7, 11) is 0. The zero-order valence-electron chi connectivity index (χ0n) is 10.3. The van der Waals surface area contributed by atoms with Gasteiger partial charge in [0.25, 0.3) is 0 Å². The Morgan fingerprint density at radius 3 is 3.06 bits per heavy atom. The largest absolute Gasteiger partial charge is 0.476 e. The van der Waals surface area contributed by atoms with Crippen molar-refractivity contribution in [3.8, 4) is 0 Å². The van der Waals surface area contributed by atoms with Crippen LogP contribution in [0.1, 0.15) is 36.2 Å². The van der Waals surface area contributed by atoms with Crippen LogP contribution >= 0.6 is 11.8 Å². The summed E-state index contributed by atoms with van der Waals surface area (Å²) in [5.41, 5.74) is -0.0165. The summed E-state index contributed by atoms with van der Waals surface area (Å²) in [6.07, 6.45) is 9.65. The van der Waals surface area contributed by atoms with Gasteiger partial charge in [0.2, 0.25) is 0 Å². The highest BCUT2D eigenvalue weighted by Gasteiger charge is 2.21. The van der Waals surface area contributed by atoms with Crippen molar-refractivity contribution in [2.24, 2.45) is 0 Å². The molecule has 5 nitrogen and oxygen atoms in total. The second kappa shape index (κ2) is 6.04. The molecule has 1 aliphatic carbocycles. The molecular formula is C12H17N3O2S. The minimum absolute atomic E-state index is 0.0165. The third-order valence-electron chi connectivity index (χ3n) is 3.17. The van der Waals surface area contributed by atoms with Gasteiger partial charge in [0.05, 0.1) is 12.4 Å². The van der Waals surface area contributed by atoms with E-state index in [2.05, 4.69) is 21.5 Å². The number of carboxylic acids is 1. The molecule has 18 heavy (non-hydrogen) atoms. The minimum atomic E-state index is -1.04. The Morgan fingerprint density at radius 2 is 2.33 bits per heavy atom. The molecule has 1 saturated carbocycles. The van der Waals surface area contributed by atoms with Crippen LogP contribution in [0.25, 0.3) is 0 Å². The van der Waals surface area contributed by atoms with Crippen molar-refractivity contribution in [2.45, 2.75) is 37.0 Å². The fourth-order valence-electron chi connectivity index (χ4n) is 2.24. The molecule has 0 saturated heterocycles. The first kappa shape index (κ1) is 13.1. The second-order valence-electron chi connectivity index (χ2n) is 4.46. The van der Waals surface area contributed by atoms with Crippen molar-refractivity contribution < 1.29 is 9.90 Å². The normalized spacial score (nSPS) is 23.6. The molecule has 1 fully saturated rings. The highest BCUT2D eigenvalue weighted by Crippen LogP contribution is 2.28. The Balaban J connectivity index is 2.00. The van der Waals surface area contributed by atoms with Crippen molar-refractivity contribution in [2.75, 3.05) is 11.6 Å². The monoisotopic (exact) mass is 267 g/mol. The van der Waals surface area contributed by atoms with Crippen LogP contribution in [0.5, 0.6) is 0 Å². The van der Waals surface area contributed by atoms with Gasteiger partial charge in [-0.1, -0.05) is 6.42 Å². The molecule has 1 aromatic rings. The maximum absolute atomic E-state index is 10.8. The van der Waals surface area contributed by atoms with Crippen molar-refractivity contribution in [1.82, 2.24) is 9.97 Å². The average Bonchev–Trinajstić information content (AvgIpc) is 2.39. The Labute approximate surface area is 110 Å². The maximum Gasteiger partial charge on any atom is 0.356 e. The van der Waals surface area contributed by atoms with Crippen LogP contribution in [0.2, 0.25) is 0 Å². The Bertz CT molecular complexity index is 428. The fraction of sp³-hybridized carbons (Fsp3) is 0.583. The molecule has 2 N–H and O–H groups in total. The van der Waals surface area contributed by atoms with E-state index in [1.807, 2.05) is 11.8 Å². The van der Waals surface area contributed by atoms with E-state index in [-0.39, 0.29) is 5.69 Å². The van der Waals surface area contributed by atoms with E-state index in [1.165, 1.54) is 19.0 Å². The topological polar surface area (TPSA) is 75.1 Å². The number of thioether (sulfide) groups is 1. The van der Waals surface area contributed by atoms with Crippen molar-refractivity contribution in [1.29, 1.82) is 0 Å². The molecule has 0 aliphatic heterocycles. The molecule has 1 aromatic heterocycles. The zero-order chi connectivity index (χ0) is 13.0. The first-order valence-corrected chi connectivity index (χ1v) is 7.32. The lowest BCUT2D eigenvalue weighted by molar-refractivity contribution is 0.0690. The zero-order valence-corrected chi connectivity index (χ0v) is 11.1. The first-order valence-electron chi connectivity index (χ1n) is 6.03. The lowest BCUT2D eigenvalue weighted by Gasteiger charge is -2.28. The van der Waals surface area contributed by atoms with Gasteiger partial charge in [-0.2, -0.15) is 11.8 Å². The van der Waals surface area contributed by atoms with Gasteiger partial charge in [0.15, 0.2) is 5.69 Å². The van der Waals surface area contributed by atoms with Crippen LogP contribution in [0.4, 0.5) is 5.82 Å². The molecule has 2 atom stereocenters. The molecule has 2 rings (SSSR count). The summed E-state index contributed by atoms with van der Waals surface area (Å²) in [5.74, 6) is -0.488. The number of rotatable bonds is 4. The Hall–Kier alpha value is -1.30. The minimum Gasteiger partial charge on any atom is -0.476 e. The second-order valence-corrected chi connectivity index (χ2v) is 5.60. The van der Waals surface area contributed by atoms with E-state index in [9.17, 15) is 4.79 Å². The van der Waals surface area contributed by atoms with E-state index in [1.54, 1.807) is 6.20 Å². The van der Waals surface area contributed by atoms with Gasteiger partial charge in [0, 0.05) is 11.3 Å². The number of nitrogens with zero attached hydrogens (tertiary/aromatic N) is 2. The van der Waals surface area contributed by atoms with E-state index >= 15 is 0 Å². The van der Waals surface area contributed by atoms with E-state index in [4.69, 9.17) is 5.11 Å². The molecule has 98 valence electrons. The molecule has 2 unspecified atom stereocenters. The molecule has 0 amide bonds. The third-order valence-corrected chi connectivity index (χ3v) is 4.26. The van der Waals surface area contributed by atoms with E-state index in [0.717, 1.165) is 12.8 Å². The van der Waals surface area contributed by atoms with E-state index < -0.39 is 5.97 Å². The number of carbonyl (C=O) groups is 1. The molecule has 0 aromatic carbocycles. The summed E-state index contributed by atoms with van der Waals surface area (Å²) < 4.78 is 0. The summed E-state index contributed by atoms with van der Waals surface area (Å²) in [4.78, 5) is 18.7. The fourth-order valence-corrected chi connectivity index (χ4v) is 3.06. The lowest BCUT2D eigenvalue weighted by atomic mass is 9.95. The number of anilines is 1. The summed E-state index contributed by atoms with van der Waals surface area (Å²) in [6.45, 7) is 0. The summed E-state index contributed by atoms with van der Waals surface area (Å²) in [5, 5.41) is 12.8. The number of hydrogen-bond donors (Lipinski definition) is 2. The lowest BCUT2D eigenvalue weighted by Crippen LogP contribution is -2.29. The number of carboxylic acid groups (broad SMARTS) is 1. The molecule has 1 aliphatic rings. The number of aromatic carboxylic acids is 1. The SMILES string of the molecule is CSC1CCCC(Nc2cncc(C(=O)O)n2)C1. The van der Waals surface area contributed by atoms with Crippen LogP contribution in [0.15, 0.2) is 12.4 Å². The van der Waals surface area contributed by atoms with Crippen LogP contribution in [0, 0.1) is 0 Å². The molecule has 0 radical (unpaired) electrons. The summed E-state index contributed by atoms with van der Waals surface area (Å²) >= 11 is 1.90. The highest BCUT2D eigenvalue weighted by atomic mass is 32.2. The molecule has 6 heteroatoms. The van der Waals surface area contributed by atoms with Crippen molar-refractivity contribution in [3.63, 3.8) is 0 Å². The van der Waals surface area contributed by atoms with Crippen LogP contribution < -0.4 is 5.32 Å². The third kappa shape index (κ3) is 3.35. The summed E-state index contributed by atoms with van der Waals surface area (Å²) in [6, 6.07) is 0.370. The number of aromatic nitrogens is 2. The Kier molecular flexibility index (Phi) is 4.41. The van der Waals surface area contributed by atoms with Crippen LogP contribution in [-0.4, -0.2) is 38.6 Å². The van der Waals surface area contributed by atoms with Gasteiger partial charge in [-0.05, 0) is 25.5 Å². The quantitative estimate of drug-likeness (QED) is 0.871. The standard InChI is InChI=1S/C12H17N3O2S/c1-18-9-4-2-3-8(5-9)14-11-7-13-6-10(15-11)12(16)17/h6-9H,2-5H2,1H3,(H,14,15)(H,16,17). The number of nitrogens with one attached hydrogen (secondary N) is 1. The Morgan fingerprint density at radius 1 is 1.50 bits per heavy atom. The van der Waals surface area contributed by atoms with Crippen LogP contribution in [0.3, 0.4) is 0 Å². The predicted molar refractivity (Wildman–Crippen MR) is 72.2 cm³/mol. The smallest absolute Gasteiger partial charge is 0.356 e. The maximum atomic E-state index is 10.8. The highest BCUT2D eigenvalue weighted by molar-refractivity contribution is 7.99. The molecule has 1 heterocycles. The van der Waals surface area contributed by atoms with E-state index in [0.29, 0.717) is 17.1 Å². The van der Waals surface area contributed by atoms with Gasteiger partial charge in [-0.3, -0.25) is 4.98 Å². The average molecular weight is 267 g/mol. The number of hydrogen-bond acceptors (Lipinski definition) is 5. The van der Waals surface area contributed by atoms with Gasteiger partial charge in [0.1, 0.15) is 5.82 Å². The van der Waals surface area contributed by atoms with Crippen molar-refractivity contribution in [3.05, 3.63) is 18.1 Å². The van der Waals surface area contributed by atoms with Gasteiger partial charge >= 0.3 is 5.97 Å². The van der Waals surface area contributed by atoms with Crippen molar-refractivity contribution >= 4 is 23.5 Å². The van der Waals surface area contributed by atoms with Crippen LogP contribution in [-0.2, 0) is 0 Å². The molecular weight excluding hydrogens is 250 g/mol. The van der Waals surface area contributed by atoms with Gasteiger partial charge < -0.3 is 10.4 Å². The van der Waals surface area contributed by atoms with Gasteiger partial charge in [-0.25, -0.2) is 9.78 Å². The molecule has 0 spiro atoms. The first-order chi connectivity index (χ1) is 8.69.